The van der Waals surface area contributed by atoms with Gasteiger partial charge in [0, 0.05) is 36.4 Å². The van der Waals surface area contributed by atoms with Gasteiger partial charge < -0.3 is 9.88 Å². The third-order valence-electron chi connectivity index (χ3n) is 5.76. The van der Waals surface area contributed by atoms with Crippen molar-refractivity contribution in [2.24, 2.45) is 5.92 Å². The largest absolute Gasteiger partial charge is 0.354 e. The molecule has 148 valence electrons. The first-order valence-electron chi connectivity index (χ1n) is 10.6. The number of nitrogens with zero attached hydrogens (tertiary/aromatic N) is 3. The number of hydrogen-bond acceptors (Lipinski definition) is 3. The SMILES string of the molecule is CCCCNc1ncc2c(-c3ccc(F)cc3)cn(CC3CCCCC3)c2n1. The topological polar surface area (TPSA) is 42.7 Å². The first-order chi connectivity index (χ1) is 13.7. The average molecular weight is 381 g/mol. The van der Waals surface area contributed by atoms with E-state index in [0.29, 0.717) is 11.9 Å². The second-order valence-corrected chi connectivity index (χ2v) is 7.92. The van der Waals surface area contributed by atoms with Crippen molar-refractivity contribution in [2.75, 3.05) is 11.9 Å². The van der Waals surface area contributed by atoms with Crippen LogP contribution in [0.2, 0.25) is 0 Å². The van der Waals surface area contributed by atoms with Gasteiger partial charge in [-0.25, -0.2) is 9.37 Å². The summed E-state index contributed by atoms with van der Waals surface area (Å²) in [6.07, 6.45) is 12.9. The van der Waals surface area contributed by atoms with E-state index >= 15 is 0 Å². The number of nitrogens with one attached hydrogen (secondary N) is 1. The zero-order chi connectivity index (χ0) is 19.3. The summed E-state index contributed by atoms with van der Waals surface area (Å²) in [5.74, 6) is 1.18. The van der Waals surface area contributed by atoms with E-state index in [1.165, 1.54) is 44.2 Å². The van der Waals surface area contributed by atoms with Crippen molar-refractivity contribution in [2.45, 2.75) is 58.4 Å². The summed E-state index contributed by atoms with van der Waals surface area (Å²) in [6.45, 7) is 4.05. The first kappa shape index (κ1) is 18.9. The molecular formula is C23H29FN4. The second kappa shape index (κ2) is 8.72. The van der Waals surface area contributed by atoms with Gasteiger partial charge >= 0.3 is 0 Å². The summed E-state index contributed by atoms with van der Waals surface area (Å²) < 4.78 is 15.7. The summed E-state index contributed by atoms with van der Waals surface area (Å²) >= 11 is 0. The molecule has 0 aliphatic heterocycles. The van der Waals surface area contributed by atoms with E-state index in [4.69, 9.17) is 4.98 Å². The quantitative estimate of drug-likeness (QED) is 0.509. The molecule has 0 saturated heterocycles. The Balaban J connectivity index is 1.71. The normalized spacial score (nSPS) is 15.2. The molecule has 1 aromatic carbocycles. The Labute approximate surface area is 166 Å². The minimum atomic E-state index is -0.214. The molecule has 4 rings (SSSR count). The molecule has 0 radical (unpaired) electrons. The van der Waals surface area contributed by atoms with Crippen LogP contribution in [0.5, 0.6) is 0 Å². The van der Waals surface area contributed by atoms with Crippen LogP contribution < -0.4 is 5.32 Å². The van der Waals surface area contributed by atoms with Gasteiger partial charge in [-0.2, -0.15) is 4.98 Å². The molecule has 2 heterocycles. The fourth-order valence-corrected chi connectivity index (χ4v) is 4.18. The van der Waals surface area contributed by atoms with Crippen LogP contribution in [-0.4, -0.2) is 21.1 Å². The number of hydrogen-bond donors (Lipinski definition) is 1. The van der Waals surface area contributed by atoms with Crippen molar-refractivity contribution in [3.8, 4) is 11.1 Å². The summed E-state index contributed by atoms with van der Waals surface area (Å²) in [6, 6.07) is 6.70. The van der Waals surface area contributed by atoms with Crippen LogP contribution in [0.25, 0.3) is 22.2 Å². The highest BCUT2D eigenvalue weighted by molar-refractivity contribution is 5.94. The van der Waals surface area contributed by atoms with Gasteiger partial charge in [-0.3, -0.25) is 0 Å². The van der Waals surface area contributed by atoms with Gasteiger partial charge in [0.25, 0.3) is 0 Å². The lowest BCUT2D eigenvalue weighted by Gasteiger charge is -2.22. The molecule has 1 aliphatic rings. The third-order valence-corrected chi connectivity index (χ3v) is 5.76. The van der Waals surface area contributed by atoms with Gasteiger partial charge in [-0.15, -0.1) is 0 Å². The summed E-state index contributed by atoms with van der Waals surface area (Å²) in [5, 5.41) is 4.37. The highest BCUT2D eigenvalue weighted by Crippen LogP contribution is 2.32. The van der Waals surface area contributed by atoms with E-state index in [2.05, 4.69) is 28.0 Å². The highest BCUT2D eigenvalue weighted by Gasteiger charge is 2.18. The summed E-state index contributed by atoms with van der Waals surface area (Å²) in [5.41, 5.74) is 3.05. The Morgan fingerprint density at radius 1 is 1.14 bits per heavy atom. The predicted molar refractivity (Wildman–Crippen MR) is 113 cm³/mol. The molecule has 0 amide bonds. The maximum atomic E-state index is 13.4. The lowest BCUT2D eigenvalue weighted by Crippen LogP contribution is -2.14. The van der Waals surface area contributed by atoms with Gasteiger partial charge in [0.05, 0.1) is 0 Å². The molecule has 0 atom stereocenters. The molecule has 3 aromatic rings. The van der Waals surface area contributed by atoms with Crippen LogP contribution >= 0.6 is 0 Å². The van der Waals surface area contributed by atoms with Crippen molar-refractivity contribution in [3.63, 3.8) is 0 Å². The predicted octanol–water partition coefficient (Wildman–Crippen LogP) is 6.03. The molecule has 1 N–H and O–H groups in total. The second-order valence-electron chi connectivity index (χ2n) is 7.92. The Hall–Kier alpha value is -2.43. The average Bonchev–Trinajstić information content (AvgIpc) is 3.07. The third kappa shape index (κ3) is 4.18. The number of benzene rings is 1. The minimum absolute atomic E-state index is 0.214. The lowest BCUT2D eigenvalue weighted by molar-refractivity contribution is 0.322. The fraction of sp³-hybridized carbons (Fsp3) is 0.478. The number of halogens is 1. The Kier molecular flexibility index (Phi) is 5.89. The van der Waals surface area contributed by atoms with E-state index < -0.39 is 0 Å². The van der Waals surface area contributed by atoms with Gasteiger partial charge in [-0.05, 0) is 42.9 Å². The minimum Gasteiger partial charge on any atom is -0.354 e. The molecule has 0 spiro atoms. The van der Waals surface area contributed by atoms with Crippen molar-refractivity contribution in [1.82, 2.24) is 14.5 Å². The van der Waals surface area contributed by atoms with Crippen molar-refractivity contribution >= 4 is 17.0 Å². The molecule has 0 unspecified atom stereocenters. The van der Waals surface area contributed by atoms with Crippen molar-refractivity contribution in [3.05, 3.63) is 42.5 Å². The van der Waals surface area contributed by atoms with Crippen LogP contribution in [0.1, 0.15) is 51.9 Å². The van der Waals surface area contributed by atoms with Gasteiger partial charge in [-0.1, -0.05) is 44.7 Å². The number of fused-ring (bicyclic) bond motifs is 1. The molecule has 1 aliphatic carbocycles. The maximum absolute atomic E-state index is 13.4. The molecule has 1 saturated carbocycles. The summed E-state index contributed by atoms with van der Waals surface area (Å²) in [4.78, 5) is 9.38. The fourth-order valence-electron chi connectivity index (χ4n) is 4.18. The van der Waals surface area contributed by atoms with E-state index in [1.807, 2.05) is 18.3 Å². The monoisotopic (exact) mass is 380 g/mol. The molecule has 5 heteroatoms. The van der Waals surface area contributed by atoms with Crippen LogP contribution in [0.4, 0.5) is 10.3 Å². The standard InChI is InChI=1S/C23H29FN4/c1-2-3-13-25-23-26-14-20-21(18-9-11-19(24)12-10-18)16-28(22(20)27-23)15-17-7-5-4-6-8-17/h9-12,14,16-17H,2-8,13,15H2,1H3,(H,25,26,27). The highest BCUT2D eigenvalue weighted by atomic mass is 19.1. The maximum Gasteiger partial charge on any atom is 0.224 e. The van der Waals surface area contributed by atoms with Gasteiger partial charge in [0.15, 0.2) is 0 Å². The van der Waals surface area contributed by atoms with E-state index in [0.717, 1.165) is 48.1 Å². The molecule has 4 nitrogen and oxygen atoms in total. The molecular weight excluding hydrogens is 351 g/mol. The van der Waals surface area contributed by atoms with Crippen LogP contribution in [0.3, 0.4) is 0 Å². The van der Waals surface area contributed by atoms with Crippen LogP contribution in [0.15, 0.2) is 36.7 Å². The molecule has 28 heavy (non-hydrogen) atoms. The Morgan fingerprint density at radius 2 is 1.93 bits per heavy atom. The van der Waals surface area contributed by atoms with Gasteiger partial charge in [0.2, 0.25) is 5.95 Å². The Morgan fingerprint density at radius 3 is 2.68 bits per heavy atom. The molecule has 2 aromatic heterocycles. The lowest BCUT2D eigenvalue weighted by atomic mass is 9.89. The zero-order valence-electron chi connectivity index (χ0n) is 16.6. The number of unbranched alkanes of at least 4 members (excludes halogenated alkanes) is 1. The number of rotatable bonds is 7. The van der Waals surface area contributed by atoms with E-state index in [-0.39, 0.29) is 5.82 Å². The van der Waals surface area contributed by atoms with Gasteiger partial charge in [0.1, 0.15) is 11.5 Å². The number of aromatic nitrogens is 3. The molecule has 0 bridgehead atoms. The van der Waals surface area contributed by atoms with E-state index in [9.17, 15) is 4.39 Å². The zero-order valence-corrected chi connectivity index (χ0v) is 16.6. The van der Waals surface area contributed by atoms with Crippen LogP contribution in [-0.2, 0) is 6.54 Å². The van der Waals surface area contributed by atoms with Crippen LogP contribution in [0, 0.1) is 11.7 Å². The first-order valence-corrected chi connectivity index (χ1v) is 10.6. The van der Waals surface area contributed by atoms with E-state index in [1.54, 1.807) is 0 Å². The Bertz CT molecular complexity index is 910. The molecule has 1 fully saturated rings. The van der Waals surface area contributed by atoms with Crippen molar-refractivity contribution < 1.29 is 4.39 Å². The summed E-state index contributed by atoms with van der Waals surface area (Å²) in [7, 11) is 0. The van der Waals surface area contributed by atoms with Crippen molar-refractivity contribution in [1.29, 1.82) is 0 Å². The smallest absolute Gasteiger partial charge is 0.224 e. The number of anilines is 1.